The molecule has 1 heterocycles. The first-order chi connectivity index (χ1) is 8.29. The molecule has 96 valence electrons. The predicted octanol–water partition coefficient (Wildman–Crippen LogP) is 3.01. The summed E-state index contributed by atoms with van der Waals surface area (Å²) in [4.78, 5) is 0. The highest BCUT2D eigenvalue weighted by molar-refractivity contribution is 5.19. The van der Waals surface area contributed by atoms with Crippen molar-refractivity contribution in [3.8, 4) is 0 Å². The Morgan fingerprint density at radius 1 is 1.47 bits per heavy atom. The van der Waals surface area contributed by atoms with E-state index in [9.17, 15) is 0 Å². The third kappa shape index (κ3) is 4.17. The molecule has 2 rings (SSSR count). The van der Waals surface area contributed by atoms with Crippen molar-refractivity contribution in [3.05, 3.63) is 23.2 Å². The molecule has 1 fully saturated rings. The van der Waals surface area contributed by atoms with Crippen LogP contribution in [0.5, 0.6) is 0 Å². The Kier molecular flexibility index (Phi) is 4.63. The second-order valence-electron chi connectivity index (χ2n) is 4.86. The van der Waals surface area contributed by atoms with Crippen molar-refractivity contribution in [1.29, 1.82) is 0 Å². The highest BCUT2D eigenvalue weighted by Gasteiger charge is 2.20. The van der Waals surface area contributed by atoms with Crippen molar-refractivity contribution in [2.45, 2.75) is 46.3 Å². The summed E-state index contributed by atoms with van der Waals surface area (Å²) in [5.41, 5.74) is 1.19. The van der Waals surface area contributed by atoms with Gasteiger partial charge in [0.15, 0.2) is 0 Å². The molecule has 0 atom stereocenters. The number of nitrogens with one attached hydrogen (secondary N) is 1. The van der Waals surface area contributed by atoms with Crippen LogP contribution in [0.2, 0.25) is 0 Å². The van der Waals surface area contributed by atoms with E-state index < -0.39 is 0 Å². The fourth-order valence-electron chi connectivity index (χ4n) is 1.90. The Morgan fingerprint density at radius 2 is 2.29 bits per heavy atom. The fourth-order valence-corrected chi connectivity index (χ4v) is 1.90. The van der Waals surface area contributed by atoms with Crippen LogP contribution in [0.3, 0.4) is 0 Å². The van der Waals surface area contributed by atoms with E-state index in [1.54, 1.807) is 0 Å². The van der Waals surface area contributed by atoms with Gasteiger partial charge in [-0.15, -0.1) is 0 Å². The van der Waals surface area contributed by atoms with E-state index in [4.69, 9.17) is 9.15 Å². The van der Waals surface area contributed by atoms with E-state index in [2.05, 4.69) is 18.3 Å². The van der Waals surface area contributed by atoms with E-state index in [-0.39, 0.29) is 0 Å². The molecule has 0 unspecified atom stereocenters. The quantitative estimate of drug-likeness (QED) is 0.706. The van der Waals surface area contributed by atoms with Crippen molar-refractivity contribution in [2.24, 2.45) is 5.92 Å². The molecular weight excluding hydrogens is 214 g/mol. The van der Waals surface area contributed by atoms with Gasteiger partial charge in [-0.05, 0) is 31.9 Å². The Morgan fingerprint density at radius 3 is 3.00 bits per heavy atom. The molecule has 0 saturated heterocycles. The molecule has 1 aromatic heterocycles. The maximum Gasteiger partial charge on any atom is 0.118 e. The molecule has 0 aromatic carbocycles. The Labute approximate surface area is 104 Å². The molecule has 0 bridgehead atoms. The Bertz CT molecular complexity index is 342. The summed E-state index contributed by atoms with van der Waals surface area (Å²) >= 11 is 0. The number of hydrogen-bond acceptors (Lipinski definition) is 3. The second-order valence-corrected chi connectivity index (χ2v) is 4.86. The minimum Gasteiger partial charge on any atom is -0.465 e. The normalized spacial score (nSPS) is 15.4. The molecule has 3 heteroatoms. The molecule has 0 radical (unpaired) electrons. The molecule has 17 heavy (non-hydrogen) atoms. The van der Waals surface area contributed by atoms with Crippen LogP contribution in [-0.2, 0) is 17.9 Å². The molecule has 1 aliphatic rings. The van der Waals surface area contributed by atoms with Gasteiger partial charge in [-0.2, -0.15) is 0 Å². The summed E-state index contributed by atoms with van der Waals surface area (Å²) in [7, 11) is 0. The van der Waals surface area contributed by atoms with E-state index in [1.165, 1.54) is 24.8 Å². The van der Waals surface area contributed by atoms with Gasteiger partial charge in [0.2, 0.25) is 0 Å². The van der Waals surface area contributed by atoms with E-state index >= 15 is 0 Å². The first kappa shape index (κ1) is 12.7. The van der Waals surface area contributed by atoms with Crippen LogP contribution in [0, 0.1) is 12.8 Å². The zero-order chi connectivity index (χ0) is 12.1. The van der Waals surface area contributed by atoms with Gasteiger partial charge in [0.05, 0.1) is 13.2 Å². The number of ether oxygens (including phenoxy) is 1. The molecule has 1 aromatic rings. The second kappa shape index (κ2) is 6.22. The van der Waals surface area contributed by atoms with Crippen LogP contribution in [0.15, 0.2) is 10.5 Å². The fraction of sp³-hybridized carbons (Fsp3) is 0.714. The maximum atomic E-state index is 5.69. The summed E-state index contributed by atoms with van der Waals surface area (Å²) < 4.78 is 11.4. The first-order valence-corrected chi connectivity index (χ1v) is 6.66. The number of aryl methyl sites for hydroxylation is 1. The monoisotopic (exact) mass is 237 g/mol. The highest BCUT2D eigenvalue weighted by atomic mass is 16.5. The van der Waals surface area contributed by atoms with E-state index in [0.717, 1.165) is 37.1 Å². The molecule has 3 nitrogen and oxygen atoms in total. The van der Waals surface area contributed by atoms with Gasteiger partial charge in [-0.3, -0.25) is 0 Å². The number of furan rings is 1. The zero-order valence-corrected chi connectivity index (χ0v) is 10.9. The van der Waals surface area contributed by atoms with Crippen molar-refractivity contribution in [1.82, 2.24) is 5.32 Å². The van der Waals surface area contributed by atoms with Gasteiger partial charge in [0.25, 0.3) is 0 Å². The lowest BCUT2D eigenvalue weighted by atomic mass is 10.2. The van der Waals surface area contributed by atoms with Gasteiger partial charge >= 0.3 is 0 Å². The van der Waals surface area contributed by atoms with Gasteiger partial charge < -0.3 is 14.5 Å². The highest BCUT2D eigenvalue weighted by Crippen LogP contribution is 2.32. The Hall–Kier alpha value is -0.800. The molecular formula is C14H23NO2. The van der Waals surface area contributed by atoms with Gasteiger partial charge in [-0.25, -0.2) is 0 Å². The van der Waals surface area contributed by atoms with Crippen molar-refractivity contribution >= 4 is 0 Å². The number of rotatable bonds is 8. The lowest BCUT2D eigenvalue weighted by Gasteiger charge is -2.01. The van der Waals surface area contributed by atoms with Crippen molar-refractivity contribution in [2.75, 3.05) is 13.2 Å². The van der Waals surface area contributed by atoms with Crippen LogP contribution >= 0.6 is 0 Å². The average molecular weight is 237 g/mol. The summed E-state index contributed by atoms with van der Waals surface area (Å²) in [6.07, 6.45) is 4.03. The van der Waals surface area contributed by atoms with Gasteiger partial charge in [0, 0.05) is 12.2 Å². The lowest BCUT2D eigenvalue weighted by molar-refractivity contribution is 0.114. The molecule has 1 saturated carbocycles. The molecule has 0 aliphatic heterocycles. The van der Waals surface area contributed by atoms with Crippen molar-refractivity contribution < 1.29 is 9.15 Å². The van der Waals surface area contributed by atoms with Crippen LogP contribution < -0.4 is 5.32 Å². The average Bonchev–Trinajstić information content (AvgIpc) is 3.07. The number of hydrogen-bond donors (Lipinski definition) is 1. The minimum absolute atomic E-state index is 0.689. The van der Waals surface area contributed by atoms with Crippen LogP contribution in [0.25, 0.3) is 0 Å². The SMILES string of the molecule is CCNCc1cc(COCCC2CC2)c(C)o1. The standard InChI is InChI=1S/C14H23NO2/c1-3-15-9-14-8-13(11(2)17-14)10-16-7-6-12-4-5-12/h8,12,15H,3-7,9-10H2,1-2H3. The summed E-state index contributed by atoms with van der Waals surface area (Å²) in [6.45, 7) is 7.45. The van der Waals surface area contributed by atoms with Crippen molar-refractivity contribution in [3.63, 3.8) is 0 Å². The molecule has 1 aliphatic carbocycles. The molecule has 0 amide bonds. The molecule has 0 spiro atoms. The Balaban J connectivity index is 1.72. The lowest BCUT2D eigenvalue weighted by Crippen LogP contribution is -2.10. The zero-order valence-electron chi connectivity index (χ0n) is 10.9. The summed E-state index contributed by atoms with van der Waals surface area (Å²) in [5, 5.41) is 3.26. The third-order valence-electron chi connectivity index (χ3n) is 3.25. The first-order valence-electron chi connectivity index (χ1n) is 6.66. The third-order valence-corrected chi connectivity index (χ3v) is 3.25. The summed E-state index contributed by atoms with van der Waals surface area (Å²) in [5.74, 6) is 2.94. The van der Waals surface area contributed by atoms with Crippen LogP contribution in [0.4, 0.5) is 0 Å². The topological polar surface area (TPSA) is 34.4 Å². The maximum absolute atomic E-state index is 5.69. The van der Waals surface area contributed by atoms with Crippen LogP contribution in [0.1, 0.15) is 43.3 Å². The van der Waals surface area contributed by atoms with Gasteiger partial charge in [-0.1, -0.05) is 19.8 Å². The molecule has 1 N–H and O–H groups in total. The van der Waals surface area contributed by atoms with E-state index in [0.29, 0.717) is 6.61 Å². The summed E-state index contributed by atoms with van der Waals surface area (Å²) in [6, 6.07) is 2.11. The van der Waals surface area contributed by atoms with Gasteiger partial charge in [0.1, 0.15) is 11.5 Å². The smallest absolute Gasteiger partial charge is 0.118 e. The minimum atomic E-state index is 0.689. The van der Waals surface area contributed by atoms with Crippen LogP contribution in [-0.4, -0.2) is 13.2 Å². The predicted molar refractivity (Wildman–Crippen MR) is 67.8 cm³/mol. The largest absolute Gasteiger partial charge is 0.465 e. The van der Waals surface area contributed by atoms with E-state index in [1.807, 2.05) is 6.92 Å².